The number of aromatic nitrogens is 2. The Bertz CT molecular complexity index is 631. The molecule has 0 saturated heterocycles. The van der Waals surface area contributed by atoms with Gasteiger partial charge in [0.25, 0.3) is 0 Å². The summed E-state index contributed by atoms with van der Waals surface area (Å²) in [5.74, 6) is 1.50. The molecule has 0 spiro atoms. The molecule has 2 aromatic rings. The Labute approximate surface area is 116 Å². The largest absolute Gasteiger partial charge is 0.459 e. The molecule has 0 atom stereocenters. The van der Waals surface area contributed by atoms with Crippen molar-refractivity contribution < 1.29 is 14.2 Å². The maximum atomic E-state index is 5.57. The van der Waals surface area contributed by atoms with Crippen LogP contribution in [0.5, 0.6) is 17.5 Å². The molecule has 6 nitrogen and oxygen atoms in total. The number of hydrogen-bond donors (Lipinski definition) is 1. The first-order valence-electron chi connectivity index (χ1n) is 6.30. The van der Waals surface area contributed by atoms with Crippen molar-refractivity contribution in [1.82, 2.24) is 9.97 Å². The number of aryl methyl sites for hydroxylation is 1. The van der Waals surface area contributed by atoms with Crippen molar-refractivity contribution in [3.8, 4) is 17.5 Å². The first-order chi connectivity index (χ1) is 9.76. The average Bonchev–Trinajstić information content (AvgIpc) is 2.92. The second-order valence-corrected chi connectivity index (χ2v) is 4.44. The number of fused-ring (bicyclic) bond motifs is 1. The Morgan fingerprint density at radius 2 is 2.15 bits per heavy atom. The number of benzene rings is 1. The van der Waals surface area contributed by atoms with Gasteiger partial charge >= 0.3 is 6.01 Å². The van der Waals surface area contributed by atoms with E-state index in [0.29, 0.717) is 19.2 Å². The summed E-state index contributed by atoms with van der Waals surface area (Å²) in [6, 6.07) is 6.03. The average molecular weight is 273 g/mol. The van der Waals surface area contributed by atoms with Crippen LogP contribution in [0.3, 0.4) is 0 Å². The zero-order chi connectivity index (χ0) is 13.9. The lowest BCUT2D eigenvalue weighted by molar-refractivity contribution is 0.174. The molecule has 1 aromatic carbocycles. The lowest BCUT2D eigenvalue weighted by atomic mass is 10.2. The van der Waals surface area contributed by atoms with Gasteiger partial charge in [0.1, 0.15) is 6.61 Å². The smallest absolute Gasteiger partial charge is 0.316 e. The summed E-state index contributed by atoms with van der Waals surface area (Å²) in [6.45, 7) is 2.95. The van der Waals surface area contributed by atoms with Gasteiger partial charge in [-0.2, -0.15) is 0 Å². The molecule has 0 amide bonds. The minimum absolute atomic E-state index is 0.266. The maximum Gasteiger partial charge on any atom is 0.316 e. The molecule has 104 valence electrons. The van der Waals surface area contributed by atoms with Gasteiger partial charge < -0.3 is 19.9 Å². The van der Waals surface area contributed by atoms with Gasteiger partial charge in [0.2, 0.25) is 6.79 Å². The van der Waals surface area contributed by atoms with Crippen LogP contribution in [0.15, 0.2) is 24.4 Å². The quantitative estimate of drug-likeness (QED) is 0.910. The van der Waals surface area contributed by atoms with Gasteiger partial charge in [-0.15, -0.1) is 0 Å². The summed E-state index contributed by atoms with van der Waals surface area (Å²) in [5.41, 5.74) is 8.30. The first-order valence-corrected chi connectivity index (χ1v) is 6.30. The molecular weight excluding hydrogens is 258 g/mol. The summed E-state index contributed by atoms with van der Waals surface area (Å²) < 4.78 is 16.1. The Morgan fingerprint density at radius 3 is 2.95 bits per heavy atom. The van der Waals surface area contributed by atoms with Crippen LogP contribution in [0.1, 0.15) is 16.8 Å². The minimum Gasteiger partial charge on any atom is -0.459 e. The number of nitrogens with two attached hydrogens (primary N) is 1. The molecule has 0 bridgehead atoms. The molecule has 0 aliphatic carbocycles. The second kappa shape index (κ2) is 5.34. The molecule has 20 heavy (non-hydrogen) atoms. The summed E-state index contributed by atoms with van der Waals surface area (Å²) >= 11 is 0. The van der Waals surface area contributed by atoms with Crippen LogP contribution in [-0.4, -0.2) is 16.8 Å². The van der Waals surface area contributed by atoms with E-state index in [2.05, 4.69) is 9.97 Å². The van der Waals surface area contributed by atoms with Gasteiger partial charge in [-0.25, -0.2) is 9.97 Å². The van der Waals surface area contributed by atoms with Gasteiger partial charge in [0, 0.05) is 24.0 Å². The van der Waals surface area contributed by atoms with E-state index < -0.39 is 0 Å². The predicted molar refractivity (Wildman–Crippen MR) is 71.6 cm³/mol. The fourth-order valence-electron chi connectivity index (χ4n) is 1.92. The molecule has 0 radical (unpaired) electrons. The molecule has 2 N–H and O–H groups in total. The third-order valence-corrected chi connectivity index (χ3v) is 3.08. The monoisotopic (exact) mass is 273 g/mol. The van der Waals surface area contributed by atoms with Crippen LogP contribution in [0.4, 0.5) is 0 Å². The fourth-order valence-corrected chi connectivity index (χ4v) is 1.92. The second-order valence-electron chi connectivity index (χ2n) is 4.44. The Kier molecular flexibility index (Phi) is 3.39. The molecule has 0 saturated carbocycles. The highest BCUT2D eigenvalue weighted by Gasteiger charge is 2.13. The van der Waals surface area contributed by atoms with E-state index >= 15 is 0 Å². The Morgan fingerprint density at radius 1 is 1.30 bits per heavy atom. The summed E-state index contributed by atoms with van der Waals surface area (Å²) in [5, 5.41) is 0. The minimum atomic E-state index is 0.266. The zero-order valence-corrected chi connectivity index (χ0v) is 11.1. The van der Waals surface area contributed by atoms with Gasteiger partial charge in [0.05, 0.1) is 0 Å². The molecule has 0 unspecified atom stereocenters. The molecule has 2 heterocycles. The van der Waals surface area contributed by atoms with Crippen molar-refractivity contribution in [2.45, 2.75) is 20.1 Å². The molecular formula is C14H15N3O3. The lowest BCUT2D eigenvalue weighted by Gasteiger charge is -2.07. The topological polar surface area (TPSA) is 79.5 Å². The van der Waals surface area contributed by atoms with Gasteiger partial charge in [-0.1, -0.05) is 6.07 Å². The van der Waals surface area contributed by atoms with E-state index in [0.717, 1.165) is 28.3 Å². The Balaban J connectivity index is 1.69. The third kappa shape index (κ3) is 2.50. The third-order valence-electron chi connectivity index (χ3n) is 3.08. The van der Waals surface area contributed by atoms with Crippen LogP contribution in [0.2, 0.25) is 0 Å². The molecule has 1 aliphatic heterocycles. The lowest BCUT2D eigenvalue weighted by Crippen LogP contribution is -2.05. The highest BCUT2D eigenvalue weighted by Crippen LogP contribution is 2.32. The fraction of sp³-hybridized carbons (Fsp3) is 0.286. The van der Waals surface area contributed by atoms with Crippen molar-refractivity contribution in [2.75, 3.05) is 6.79 Å². The standard InChI is InChI=1S/C14H15N3O3/c1-9-11(5-15)6-16-14(17-9)18-7-10-2-3-12-13(4-10)20-8-19-12/h2-4,6H,5,7-8,15H2,1H3. The summed E-state index contributed by atoms with van der Waals surface area (Å²) in [7, 11) is 0. The highest BCUT2D eigenvalue weighted by atomic mass is 16.7. The van der Waals surface area contributed by atoms with Crippen molar-refractivity contribution >= 4 is 0 Å². The van der Waals surface area contributed by atoms with Crippen LogP contribution in [-0.2, 0) is 13.2 Å². The first kappa shape index (κ1) is 12.7. The van der Waals surface area contributed by atoms with E-state index in [1.54, 1.807) is 6.20 Å². The SMILES string of the molecule is Cc1nc(OCc2ccc3c(c2)OCO3)ncc1CN. The van der Waals surface area contributed by atoms with Gasteiger partial charge in [-0.3, -0.25) is 0 Å². The number of rotatable bonds is 4. The number of nitrogens with zero attached hydrogens (tertiary/aromatic N) is 2. The predicted octanol–water partition coefficient (Wildman–Crippen LogP) is 1.55. The van der Waals surface area contributed by atoms with Crippen molar-refractivity contribution in [2.24, 2.45) is 5.73 Å². The highest BCUT2D eigenvalue weighted by molar-refractivity contribution is 5.44. The molecule has 3 rings (SSSR count). The summed E-state index contributed by atoms with van der Waals surface area (Å²) in [4.78, 5) is 8.39. The van der Waals surface area contributed by atoms with Crippen LogP contribution >= 0.6 is 0 Å². The zero-order valence-electron chi connectivity index (χ0n) is 11.1. The van der Waals surface area contributed by atoms with Gasteiger partial charge in [0.15, 0.2) is 11.5 Å². The maximum absolute atomic E-state index is 5.57. The number of ether oxygens (including phenoxy) is 3. The number of hydrogen-bond acceptors (Lipinski definition) is 6. The Hall–Kier alpha value is -2.34. The van der Waals surface area contributed by atoms with E-state index in [4.69, 9.17) is 19.9 Å². The molecule has 1 aliphatic rings. The van der Waals surface area contributed by atoms with E-state index in [-0.39, 0.29) is 6.79 Å². The van der Waals surface area contributed by atoms with Crippen LogP contribution in [0, 0.1) is 6.92 Å². The van der Waals surface area contributed by atoms with Crippen LogP contribution in [0.25, 0.3) is 0 Å². The van der Waals surface area contributed by atoms with E-state index in [9.17, 15) is 0 Å². The van der Waals surface area contributed by atoms with Crippen molar-refractivity contribution in [1.29, 1.82) is 0 Å². The van der Waals surface area contributed by atoms with Crippen molar-refractivity contribution in [3.63, 3.8) is 0 Å². The van der Waals surface area contributed by atoms with Gasteiger partial charge in [-0.05, 0) is 24.6 Å². The van der Waals surface area contributed by atoms with Crippen molar-refractivity contribution in [3.05, 3.63) is 41.2 Å². The van der Waals surface area contributed by atoms with E-state index in [1.807, 2.05) is 25.1 Å². The molecule has 0 fully saturated rings. The van der Waals surface area contributed by atoms with E-state index in [1.165, 1.54) is 0 Å². The summed E-state index contributed by atoms with van der Waals surface area (Å²) in [6.07, 6.45) is 1.69. The molecule has 6 heteroatoms. The normalized spacial score (nSPS) is 12.5. The molecule has 1 aromatic heterocycles. The van der Waals surface area contributed by atoms with Crippen LogP contribution < -0.4 is 19.9 Å².